The number of primary amides is 1. The van der Waals surface area contributed by atoms with Crippen LogP contribution in [-0.2, 0) is 4.79 Å². The molecule has 1 aromatic rings. The SMILES string of the molecule is CCC(C)C(NC(=O)c1ccnc(Cl)c1)C(N)=O. The summed E-state index contributed by atoms with van der Waals surface area (Å²) in [5, 5.41) is 2.83. The fourth-order valence-corrected chi connectivity index (χ4v) is 1.67. The van der Waals surface area contributed by atoms with Gasteiger partial charge in [-0.05, 0) is 18.1 Å². The molecule has 1 aromatic heterocycles. The molecule has 6 heteroatoms. The first-order valence-corrected chi connectivity index (χ1v) is 6.05. The number of pyridine rings is 1. The number of hydrogen-bond acceptors (Lipinski definition) is 3. The lowest BCUT2D eigenvalue weighted by Crippen LogP contribution is -2.48. The zero-order chi connectivity index (χ0) is 13.7. The van der Waals surface area contributed by atoms with Crippen LogP contribution in [0.3, 0.4) is 0 Å². The number of nitrogens with zero attached hydrogens (tertiary/aromatic N) is 1. The van der Waals surface area contributed by atoms with Gasteiger partial charge in [0.15, 0.2) is 0 Å². The van der Waals surface area contributed by atoms with Crippen molar-refractivity contribution < 1.29 is 9.59 Å². The molecule has 0 aromatic carbocycles. The van der Waals surface area contributed by atoms with Crippen molar-refractivity contribution in [1.82, 2.24) is 10.3 Å². The molecule has 1 rings (SSSR count). The Kier molecular flexibility index (Phi) is 5.09. The zero-order valence-corrected chi connectivity index (χ0v) is 11.1. The summed E-state index contributed by atoms with van der Waals surface area (Å²) in [6.07, 6.45) is 2.17. The lowest BCUT2D eigenvalue weighted by molar-refractivity contribution is -0.120. The monoisotopic (exact) mass is 269 g/mol. The quantitative estimate of drug-likeness (QED) is 0.792. The Morgan fingerprint density at radius 3 is 2.72 bits per heavy atom. The van der Waals surface area contributed by atoms with E-state index in [2.05, 4.69) is 10.3 Å². The van der Waals surface area contributed by atoms with E-state index in [-0.39, 0.29) is 17.0 Å². The summed E-state index contributed by atoms with van der Waals surface area (Å²) in [4.78, 5) is 27.0. The third-order valence-corrected chi connectivity index (χ3v) is 3.00. The van der Waals surface area contributed by atoms with E-state index in [0.717, 1.165) is 6.42 Å². The first-order chi connectivity index (χ1) is 8.45. The van der Waals surface area contributed by atoms with Crippen molar-refractivity contribution in [3.05, 3.63) is 29.0 Å². The van der Waals surface area contributed by atoms with Gasteiger partial charge in [0.25, 0.3) is 5.91 Å². The van der Waals surface area contributed by atoms with E-state index in [1.807, 2.05) is 13.8 Å². The average molecular weight is 270 g/mol. The van der Waals surface area contributed by atoms with Crippen LogP contribution in [0.2, 0.25) is 5.15 Å². The van der Waals surface area contributed by atoms with E-state index < -0.39 is 11.9 Å². The molecule has 0 aliphatic heterocycles. The fourth-order valence-electron chi connectivity index (χ4n) is 1.50. The maximum absolute atomic E-state index is 11.9. The van der Waals surface area contributed by atoms with Gasteiger partial charge in [0.1, 0.15) is 11.2 Å². The second kappa shape index (κ2) is 6.35. The van der Waals surface area contributed by atoms with E-state index in [9.17, 15) is 9.59 Å². The van der Waals surface area contributed by atoms with E-state index >= 15 is 0 Å². The van der Waals surface area contributed by atoms with Gasteiger partial charge in [0.2, 0.25) is 5.91 Å². The molecule has 2 atom stereocenters. The van der Waals surface area contributed by atoms with Crippen molar-refractivity contribution in [2.45, 2.75) is 26.3 Å². The number of nitrogens with two attached hydrogens (primary N) is 1. The number of carbonyl (C=O) groups excluding carboxylic acids is 2. The minimum atomic E-state index is -0.686. The minimum absolute atomic E-state index is 0.0243. The Morgan fingerprint density at radius 1 is 1.56 bits per heavy atom. The van der Waals surface area contributed by atoms with Crippen LogP contribution in [0.5, 0.6) is 0 Å². The normalized spacial score (nSPS) is 13.7. The van der Waals surface area contributed by atoms with Crippen LogP contribution in [0.25, 0.3) is 0 Å². The largest absolute Gasteiger partial charge is 0.368 e. The molecule has 0 aliphatic carbocycles. The smallest absolute Gasteiger partial charge is 0.252 e. The molecule has 2 amide bonds. The summed E-state index contributed by atoms with van der Waals surface area (Å²) >= 11 is 5.70. The van der Waals surface area contributed by atoms with Crippen LogP contribution >= 0.6 is 11.6 Å². The summed E-state index contributed by atoms with van der Waals surface area (Å²) < 4.78 is 0. The molecule has 1 heterocycles. The number of nitrogens with one attached hydrogen (secondary N) is 1. The van der Waals surface area contributed by atoms with Gasteiger partial charge in [-0.2, -0.15) is 0 Å². The molecule has 0 saturated heterocycles. The van der Waals surface area contributed by atoms with Gasteiger partial charge >= 0.3 is 0 Å². The highest BCUT2D eigenvalue weighted by Crippen LogP contribution is 2.10. The number of rotatable bonds is 5. The topological polar surface area (TPSA) is 85.1 Å². The number of halogens is 1. The molecular weight excluding hydrogens is 254 g/mol. The number of aromatic nitrogens is 1. The predicted molar refractivity (Wildman–Crippen MR) is 69.2 cm³/mol. The Morgan fingerprint density at radius 2 is 2.22 bits per heavy atom. The zero-order valence-electron chi connectivity index (χ0n) is 10.3. The van der Waals surface area contributed by atoms with Crippen LogP contribution < -0.4 is 11.1 Å². The average Bonchev–Trinajstić information content (AvgIpc) is 2.34. The lowest BCUT2D eigenvalue weighted by Gasteiger charge is -2.21. The Hall–Kier alpha value is -1.62. The van der Waals surface area contributed by atoms with Crippen molar-refractivity contribution in [3.63, 3.8) is 0 Å². The molecular formula is C12H16ClN3O2. The fraction of sp³-hybridized carbons (Fsp3) is 0.417. The molecule has 0 spiro atoms. The molecule has 18 heavy (non-hydrogen) atoms. The molecule has 0 bridgehead atoms. The third kappa shape index (κ3) is 3.70. The van der Waals surface area contributed by atoms with E-state index in [4.69, 9.17) is 17.3 Å². The summed E-state index contributed by atoms with van der Waals surface area (Å²) in [5.74, 6) is -0.954. The van der Waals surface area contributed by atoms with Gasteiger partial charge in [-0.3, -0.25) is 9.59 Å². The van der Waals surface area contributed by atoms with Crippen molar-refractivity contribution in [2.75, 3.05) is 0 Å². The Labute approximate surface area is 111 Å². The Bertz CT molecular complexity index is 451. The number of amides is 2. The van der Waals surface area contributed by atoms with Gasteiger partial charge in [-0.1, -0.05) is 31.9 Å². The number of carbonyl (C=O) groups is 2. The van der Waals surface area contributed by atoms with Gasteiger partial charge in [-0.15, -0.1) is 0 Å². The second-order valence-electron chi connectivity index (χ2n) is 4.11. The summed E-state index contributed by atoms with van der Waals surface area (Å²) in [7, 11) is 0. The standard InChI is InChI=1S/C12H16ClN3O2/c1-3-7(2)10(11(14)17)16-12(18)8-4-5-15-9(13)6-8/h4-7,10H,3H2,1-2H3,(H2,14,17)(H,16,18). The first-order valence-electron chi connectivity index (χ1n) is 5.67. The molecule has 0 fully saturated rings. The molecule has 0 aliphatic rings. The molecule has 3 N–H and O–H groups in total. The molecule has 0 radical (unpaired) electrons. The van der Waals surface area contributed by atoms with Crippen molar-refractivity contribution >= 4 is 23.4 Å². The second-order valence-corrected chi connectivity index (χ2v) is 4.49. The van der Waals surface area contributed by atoms with Crippen molar-refractivity contribution in [1.29, 1.82) is 0 Å². The van der Waals surface area contributed by atoms with Crippen LogP contribution in [0.1, 0.15) is 30.6 Å². The van der Waals surface area contributed by atoms with Crippen molar-refractivity contribution in [3.8, 4) is 0 Å². The van der Waals surface area contributed by atoms with Gasteiger partial charge < -0.3 is 11.1 Å². The summed E-state index contributed by atoms with van der Waals surface area (Å²) in [5.41, 5.74) is 5.63. The van der Waals surface area contributed by atoms with Crippen LogP contribution in [0.4, 0.5) is 0 Å². The predicted octanol–water partition coefficient (Wildman–Crippen LogP) is 1.36. The highest BCUT2D eigenvalue weighted by molar-refractivity contribution is 6.29. The highest BCUT2D eigenvalue weighted by Gasteiger charge is 2.24. The third-order valence-electron chi connectivity index (χ3n) is 2.79. The van der Waals surface area contributed by atoms with Gasteiger partial charge in [0.05, 0.1) is 0 Å². The van der Waals surface area contributed by atoms with Gasteiger partial charge in [0, 0.05) is 11.8 Å². The maximum Gasteiger partial charge on any atom is 0.252 e. The minimum Gasteiger partial charge on any atom is -0.368 e. The van der Waals surface area contributed by atoms with Crippen molar-refractivity contribution in [2.24, 2.45) is 11.7 Å². The molecule has 2 unspecified atom stereocenters. The molecule has 5 nitrogen and oxygen atoms in total. The van der Waals surface area contributed by atoms with Crippen LogP contribution in [-0.4, -0.2) is 22.8 Å². The van der Waals surface area contributed by atoms with Gasteiger partial charge in [-0.25, -0.2) is 4.98 Å². The lowest BCUT2D eigenvalue weighted by atomic mass is 9.98. The highest BCUT2D eigenvalue weighted by atomic mass is 35.5. The summed E-state index contributed by atoms with van der Waals surface area (Å²) in [6.45, 7) is 3.78. The molecule has 0 saturated carbocycles. The number of hydrogen-bond donors (Lipinski definition) is 2. The maximum atomic E-state index is 11.9. The van der Waals surface area contributed by atoms with E-state index in [1.165, 1.54) is 18.3 Å². The van der Waals surface area contributed by atoms with Crippen LogP contribution in [0.15, 0.2) is 18.3 Å². The summed E-state index contributed by atoms with van der Waals surface area (Å²) in [6, 6.07) is 2.27. The van der Waals surface area contributed by atoms with Crippen LogP contribution in [0, 0.1) is 5.92 Å². The Balaban J connectivity index is 2.82. The van der Waals surface area contributed by atoms with E-state index in [0.29, 0.717) is 5.56 Å². The first kappa shape index (κ1) is 14.4. The molecule has 98 valence electrons. The van der Waals surface area contributed by atoms with E-state index in [1.54, 1.807) is 0 Å².